The highest BCUT2D eigenvalue weighted by atomic mass is 32.1. The first-order chi connectivity index (χ1) is 16.8. The molecule has 0 saturated heterocycles. The third-order valence-electron chi connectivity index (χ3n) is 5.27. The van der Waals surface area contributed by atoms with Crippen LogP contribution >= 0.6 is 11.3 Å². The molecule has 2 amide bonds. The van der Waals surface area contributed by atoms with Crippen LogP contribution in [0.1, 0.15) is 71.4 Å². The molecule has 0 unspecified atom stereocenters. The molecule has 198 valence electrons. The molecule has 0 atom stereocenters. The lowest BCUT2D eigenvalue weighted by Crippen LogP contribution is -2.45. The van der Waals surface area contributed by atoms with Crippen molar-refractivity contribution >= 4 is 29.1 Å². The molecule has 2 rings (SSSR count). The number of halogens is 3. The number of carboxylic acid groups (broad SMARTS) is 1. The quantitative estimate of drug-likeness (QED) is 0.255. The summed E-state index contributed by atoms with van der Waals surface area (Å²) in [6.45, 7) is 6.81. The summed E-state index contributed by atoms with van der Waals surface area (Å²) >= 11 is 0.503. The van der Waals surface area contributed by atoms with E-state index in [1.807, 2.05) is 20.8 Å². The van der Waals surface area contributed by atoms with Crippen molar-refractivity contribution in [2.24, 2.45) is 0 Å². The molecule has 7 nitrogen and oxygen atoms in total. The van der Waals surface area contributed by atoms with Gasteiger partial charge in [0.15, 0.2) is 0 Å². The van der Waals surface area contributed by atoms with E-state index in [9.17, 15) is 32.7 Å². The number of ether oxygens (including phenoxy) is 1. The van der Waals surface area contributed by atoms with Gasteiger partial charge in [0.2, 0.25) is 0 Å². The first kappa shape index (κ1) is 29.2. The second-order valence-electron chi connectivity index (χ2n) is 9.19. The highest BCUT2D eigenvalue weighted by Crippen LogP contribution is 2.26. The first-order valence-corrected chi connectivity index (χ1v) is 12.3. The zero-order valence-electron chi connectivity index (χ0n) is 20.5. The zero-order chi connectivity index (χ0) is 26.9. The Morgan fingerprint density at radius 1 is 0.944 bits per heavy atom. The normalized spacial score (nSPS) is 11.7. The van der Waals surface area contributed by atoms with Gasteiger partial charge in [-0.25, -0.2) is 4.79 Å². The molecule has 11 heteroatoms. The Labute approximate surface area is 212 Å². The number of rotatable bonds is 12. The number of benzene rings is 1. The standard InChI is InChI=1S/C25H31F3N2O5S/c1-24(2,3)30(23(33)34)14-6-4-5-7-15-35-18-10-8-17(9-11-18)16-29-22(32)20-13-12-19(36-20)21(31)25(26,27)28/h8-13H,4-7,14-16H2,1-3H3,(H,29,32)(H,33,34). The molecule has 0 spiro atoms. The van der Waals surface area contributed by atoms with Crippen LogP contribution in [-0.2, 0) is 6.54 Å². The van der Waals surface area contributed by atoms with Gasteiger partial charge in [0, 0.05) is 18.6 Å². The summed E-state index contributed by atoms with van der Waals surface area (Å²) < 4.78 is 43.2. The van der Waals surface area contributed by atoms with Gasteiger partial charge in [0.05, 0.1) is 16.4 Å². The lowest BCUT2D eigenvalue weighted by Gasteiger charge is -2.33. The first-order valence-electron chi connectivity index (χ1n) is 11.5. The maximum absolute atomic E-state index is 12.5. The molecular formula is C25H31F3N2O5S. The number of carbonyl (C=O) groups is 3. The molecule has 2 N–H and O–H groups in total. The summed E-state index contributed by atoms with van der Waals surface area (Å²) in [5.41, 5.74) is 0.356. The minimum atomic E-state index is -4.97. The van der Waals surface area contributed by atoms with Crippen molar-refractivity contribution in [1.82, 2.24) is 10.2 Å². The second kappa shape index (κ2) is 12.8. The number of alkyl halides is 3. The number of amides is 2. The highest BCUT2D eigenvalue weighted by molar-refractivity contribution is 7.16. The number of ketones is 1. The summed E-state index contributed by atoms with van der Waals surface area (Å²) in [6, 6.07) is 9.27. The van der Waals surface area contributed by atoms with Gasteiger partial charge in [-0.3, -0.25) is 9.59 Å². The van der Waals surface area contributed by atoms with Gasteiger partial charge in [-0.2, -0.15) is 13.2 Å². The predicted octanol–water partition coefficient (Wildman–Crippen LogP) is 6.14. The Hall–Kier alpha value is -3.08. The van der Waals surface area contributed by atoms with Gasteiger partial charge in [0.25, 0.3) is 11.7 Å². The molecule has 0 saturated carbocycles. The van der Waals surface area contributed by atoms with Crippen molar-refractivity contribution in [2.45, 2.75) is 64.7 Å². The van der Waals surface area contributed by atoms with E-state index in [0.717, 1.165) is 37.3 Å². The lowest BCUT2D eigenvalue weighted by atomic mass is 10.1. The number of nitrogens with one attached hydrogen (secondary N) is 1. The average molecular weight is 529 g/mol. The molecule has 0 aliphatic rings. The number of thiophene rings is 1. The van der Waals surface area contributed by atoms with Crippen molar-refractivity contribution in [3.63, 3.8) is 0 Å². The van der Waals surface area contributed by atoms with Crippen LogP contribution in [0.3, 0.4) is 0 Å². The van der Waals surface area contributed by atoms with Crippen LogP contribution in [0.25, 0.3) is 0 Å². The van der Waals surface area contributed by atoms with Crippen molar-refractivity contribution < 1.29 is 37.4 Å². The van der Waals surface area contributed by atoms with Gasteiger partial charge in [-0.1, -0.05) is 25.0 Å². The Bertz CT molecular complexity index is 1030. The molecule has 1 aromatic heterocycles. The van der Waals surface area contributed by atoms with Gasteiger partial charge < -0.3 is 20.1 Å². The van der Waals surface area contributed by atoms with Gasteiger partial charge in [-0.05, 0) is 63.4 Å². The smallest absolute Gasteiger partial charge is 0.455 e. The molecule has 0 aliphatic heterocycles. The molecular weight excluding hydrogens is 497 g/mol. The van der Waals surface area contributed by atoms with E-state index in [0.29, 0.717) is 30.2 Å². The summed E-state index contributed by atoms with van der Waals surface area (Å²) in [5.74, 6) is -1.86. The monoisotopic (exact) mass is 528 g/mol. The van der Waals surface area contributed by atoms with E-state index >= 15 is 0 Å². The Kier molecular flexibility index (Phi) is 10.3. The largest absolute Gasteiger partial charge is 0.494 e. The van der Waals surface area contributed by atoms with Crippen LogP contribution in [0.4, 0.5) is 18.0 Å². The number of nitrogens with zero attached hydrogens (tertiary/aromatic N) is 1. The molecule has 0 radical (unpaired) electrons. The molecule has 1 heterocycles. The van der Waals surface area contributed by atoms with E-state index in [1.54, 1.807) is 24.3 Å². The van der Waals surface area contributed by atoms with E-state index < -0.39 is 34.4 Å². The maximum Gasteiger partial charge on any atom is 0.455 e. The molecule has 1 aromatic carbocycles. The number of unbranched alkanes of at least 4 members (excludes halogenated alkanes) is 3. The predicted molar refractivity (Wildman–Crippen MR) is 131 cm³/mol. The van der Waals surface area contributed by atoms with Gasteiger partial charge >= 0.3 is 12.3 Å². The molecule has 0 bridgehead atoms. The third kappa shape index (κ3) is 9.18. The minimum Gasteiger partial charge on any atom is -0.494 e. The summed E-state index contributed by atoms with van der Waals surface area (Å²) in [7, 11) is 0. The number of Topliss-reactive ketones (excluding diaryl/α,β-unsaturated/α-hetero) is 1. The summed E-state index contributed by atoms with van der Waals surface area (Å²) in [4.78, 5) is 35.7. The van der Waals surface area contributed by atoms with Crippen LogP contribution in [0.5, 0.6) is 5.75 Å². The fraction of sp³-hybridized carbons (Fsp3) is 0.480. The van der Waals surface area contributed by atoms with Gasteiger partial charge in [-0.15, -0.1) is 11.3 Å². The number of hydrogen-bond acceptors (Lipinski definition) is 5. The zero-order valence-corrected chi connectivity index (χ0v) is 21.3. The number of hydrogen-bond donors (Lipinski definition) is 2. The Morgan fingerprint density at radius 3 is 2.14 bits per heavy atom. The lowest BCUT2D eigenvalue weighted by molar-refractivity contribution is -0.0882. The Morgan fingerprint density at radius 2 is 1.56 bits per heavy atom. The van der Waals surface area contributed by atoms with Crippen LogP contribution in [0.15, 0.2) is 36.4 Å². The van der Waals surface area contributed by atoms with E-state index in [1.165, 1.54) is 11.0 Å². The van der Waals surface area contributed by atoms with Crippen LogP contribution in [0, 0.1) is 0 Å². The molecule has 2 aromatic rings. The van der Waals surface area contributed by atoms with Crippen LogP contribution in [-0.4, -0.2) is 52.7 Å². The van der Waals surface area contributed by atoms with Crippen molar-refractivity contribution in [1.29, 1.82) is 0 Å². The van der Waals surface area contributed by atoms with Crippen molar-refractivity contribution in [3.05, 3.63) is 51.7 Å². The molecule has 36 heavy (non-hydrogen) atoms. The van der Waals surface area contributed by atoms with E-state index in [-0.39, 0.29) is 11.4 Å². The van der Waals surface area contributed by atoms with Crippen LogP contribution in [0.2, 0.25) is 0 Å². The maximum atomic E-state index is 12.5. The van der Waals surface area contributed by atoms with E-state index in [2.05, 4.69) is 5.32 Å². The fourth-order valence-corrected chi connectivity index (χ4v) is 4.21. The number of carbonyl (C=O) groups excluding carboxylic acids is 2. The SMILES string of the molecule is CC(C)(C)N(CCCCCCOc1ccc(CNC(=O)c2ccc(C(=O)C(F)(F)F)s2)cc1)C(=O)O. The minimum absolute atomic E-state index is 0.0247. The van der Waals surface area contributed by atoms with Crippen LogP contribution < -0.4 is 10.1 Å². The molecule has 0 fully saturated rings. The average Bonchev–Trinajstić information content (AvgIpc) is 3.28. The fourth-order valence-electron chi connectivity index (χ4n) is 3.33. The topological polar surface area (TPSA) is 95.9 Å². The summed E-state index contributed by atoms with van der Waals surface area (Å²) in [5, 5.41) is 11.9. The highest BCUT2D eigenvalue weighted by Gasteiger charge is 2.40. The third-order valence-corrected chi connectivity index (χ3v) is 6.36. The summed E-state index contributed by atoms with van der Waals surface area (Å²) in [6.07, 6.45) is -2.45. The van der Waals surface area contributed by atoms with Crippen molar-refractivity contribution in [2.75, 3.05) is 13.2 Å². The van der Waals surface area contributed by atoms with Gasteiger partial charge in [0.1, 0.15) is 5.75 Å². The molecule has 0 aliphatic carbocycles. The Balaban J connectivity index is 1.68. The van der Waals surface area contributed by atoms with Crippen molar-refractivity contribution in [3.8, 4) is 5.75 Å². The second-order valence-corrected chi connectivity index (χ2v) is 10.3. The van der Waals surface area contributed by atoms with E-state index in [4.69, 9.17) is 4.74 Å².